The smallest absolute Gasteiger partial charge is 0.231 e. The van der Waals surface area contributed by atoms with Crippen LogP contribution in [0.5, 0.6) is 5.75 Å². The Morgan fingerprint density at radius 1 is 1.06 bits per heavy atom. The van der Waals surface area contributed by atoms with Crippen molar-refractivity contribution in [3.05, 3.63) is 54.2 Å². The number of amides is 1. The zero-order valence-electron chi connectivity index (χ0n) is 19.6. The summed E-state index contributed by atoms with van der Waals surface area (Å²) in [4.78, 5) is 22.5. The van der Waals surface area contributed by atoms with Gasteiger partial charge in [0.15, 0.2) is 0 Å². The maximum atomic E-state index is 13.5. The Labute approximate surface area is 192 Å². The maximum absolute atomic E-state index is 13.5. The van der Waals surface area contributed by atoms with Crippen molar-refractivity contribution in [3.63, 3.8) is 0 Å². The quantitative estimate of drug-likeness (QED) is 0.594. The van der Waals surface area contributed by atoms with Crippen LogP contribution in [0.3, 0.4) is 0 Å². The lowest BCUT2D eigenvalue weighted by atomic mass is 9.87. The van der Waals surface area contributed by atoms with Gasteiger partial charge in [0.05, 0.1) is 7.11 Å². The minimum Gasteiger partial charge on any atom is -0.496 e. The molecule has 1 saturated carbocycles. The van der Waals surface area contributed by atoms with Gasteiger partial charge in [-0.1, -0.05) is 43.5 Å². The molecule has 2 fully saturated rings. The van der Waals surface area contributed by atoms with Gasteiger partial charge in [-0.2, -0.15) is 0 Å². The van der Waals surface area contributed by atoms with Gasteiger partial charge >= 0.3 is 0 Å². The molecule has 0 spiro atoms. The molecule has 1 aromatic heterocycles. The minimum atomic E-state index is 0.147. The molecule has 1 aliphatic heterocycles. The largest absolute Gasteiger partial charge is 0.496 e. The fourth-order valence-corrected chi connectivity index (χ4v) is 5.41. The van der Waals surface area contributed by atoms with Crippen molar-refractivity contribution in [2.75, 3.05) is 31.6 Å². The van der Waals surface area contributed by atoms with E-state index < -0.39 is 0 Å². The molecule has 0 N–H and O–H groups in total. The number of hydrogen-bond acceptors (Lipinski definition) is 4. The fraction of sp³-hybridized carbons (Fsp3) is 0.556. The van der Waals surface area contributed by atoms with Crippen molar-refractivity contribution in [2.45, 2.75) is 63.8 Å². The third kappa shape index (κ3) is 5.32. The van der Waals surface area contributed by atoms with Crippen molar-refractivity contribution >= 4 is 11.7 Å². The van der Waals surface area contributed by atoms with E-state index in [1.54, 1.807) is 13.3 Å². The summed E-state index contributed by atoms with van der Waals surface area (Å²) >= 11 is 0. The summed E-state index contributed by atoms with van der Waals surface area (Å²) < 4.78 is 5.59. The Bertz CT molecular complexity index is 858. The molecule has 1 saturated heterocycles. The number of likely N-dealkylation sites (tertiary alicyclic amines) is 1. The third-order valence-electron chi connectivity index (χ3n) is 7.32. The highest BCUT2D eigenvalue weighted by atomic mass is 16.5. The normalized spacial score (nSPS) is 19.4. The number of methoxy groups -OCH3 is 1. The van der Waals surface area contributed by atoms with Gasteiger partial charge in [-0.15, -0.1) is 0 Å². The van der Waals surface area contributed by atoms with Crippen LogP contribution in [-0.4, -0.2) is 48.6 Å². The first kappa shape index (κ1) is 22.8. The van der Waals surface area contributed by atoms with Crippen molar-refractivity contribution in [1.82, 2.24) is 9.88 Å². The molecule has 1 aromatic carbocycles. The molecule has 4 rings (SSSR count). The first-order valence-electron chi connectivity index (χ1n) is 12.3. The summed E-state index contributed by atoms with van der Waals surface area (Å²) in [7, 11) is 1.76. The van der Waals surface area contributed by atoms with E-state index in [1.165, 1.54) is 24.8 Å². The molecule has 5 nitrogen and oxygen atoms in total. The average Bonchev–Trinajstić information content (AvgIpc) is 2.88. The number of carbonyl (C=O) groups is 1. The fourth-order valence-electron chi connectivity index (χ4n) is 5.41. The van der Waals surface area contributed by atoms with Gasteiger partial charge < -0.3 is 4.74 Å². The van der Waals surface area contributed by atoms with E-state index in [1.807, 2.05) is 29.2 Å². The van der Waals surface area contributed by atoms with E-state index in [-0.39, 0.29) is 11.8 Å². The third-order valence-corrected chi connectivity index (χ3v) is 7.32. The van der Waals surface area contributed by atoms with E-state index >= 15 is 0 Å². The Balaban J connectivity index is 1.41. The number of carbonyl (C=O) groups excluding carboxylic acids is 1. The Hall–Kier alpha value is -2.40. The van der Waals surface area contributed by atoms with Crippen LogP contribution in [-0.2, 0) is 4.79 Å². The molecule has 2 heterocycles. The second-order valence-corrected chi connectivity index (χ2v) is 9.37. The van der Waals surface area contributed by atoms with Crippen LogP contribution < -0.4 is 9.64 Å². The van der Waals surface area contributed by atoms with E-state index in [2.05, 4.69) is 35.0 Å². The summed E-state index contributed by atoms with van der Waals surface area (Å²) in [6.07, 6.45) is 9.64. The molecule has 1 amide bonds. The molecule has 1 aliphatic carbocycles. The monoisotopic (exact) mass is 435 g/mol. The highest BCUT2D eigenvalue weighted by molar-refractivity contribution is 5.94. The van der Waals surface area contributed by atoms with Crippen molar-refractivity contribution in [2.24, 2.45) is 5.92 Å². The molecule has 32 heavy (non-hydrogen) atoms. The number of para-hydroxylation sites is 1. The Morgan fingerprint density at radius 3 is 2.47 bits per heavy atom. The second kappa shape index (κ2) is 11.0. The molecular formula is C27H37N3O2. The Kier molecular flexibility index (Phi) is 7.80. The highest BCUT2D eigenvalue weighted by Gasteiger charge is 2.31. The van der Waals surface area contributed by atoms with Gasteiger partial charge in [-0.05, 0) is 75.4 Å². The van der Waals surface area contributed by atoms with Gasteiger partial charge in [0, 0.05) is 24.7 Å². The standard InChI is InChI=1S/C27H37N3O2/c1-21(29-18-15-22(16-19-29)24-12-6-7-13-25(24)32-2)20-30(26-14-8-9-17-28-26)27(31)23-10-4-3-5-11-23/h6-9,12-14,17,21-23H,3-5,10-11,15-16,18-20H2,1-2H3/t21-/m1/s1. The Morgan fingerprint density at radius 2 is 1.78 bits per heavy atom. The van der Waals surface area contributed by atoms with Crippen LogP contribution in [0.25, 0.3) is 0 Å². The lowest BCUT2D eigenvalue weighted by Gasteiger charge is -2.39. The number of aromatic nitrogens is 1. The molecule has 0 bridgehead atoms. The number of ether oxygens (including phenoxy) is 1. The minimum absolute atomic E-state index is 0.147. The van der Waals surface area contributed by atoms with Crippen molar-refractivity contribution in [1.29, 1.82) is 0 Å². The summed E-state index contributed by atoms with van der Waals surface area (Å²) in [5, 5.41) is 0. The van der Waals surface area contributed by atoms with E-state index in [0.717, 1.165) is 50.3 Å². The summed E-state index contributed by atoms with van der Waals surface area (Å²) in [6.45, 7) is 5.04. The average molecular weight is 436 g/mol. The molecule has 2 aliphatic rings. The van der Waals surface area contributed by atoms with Crippen LogP contribution in [0, 0.1) is 5.92 Å². The molecule has 1 atom stereocenters. The predicted molar refractivity (Wildman–Crippen MR) is 129 cm³/mol. The second-order valence-electron chi connectivity index (χ2n) is 9.37. The molecule has 0 radical (unpaired) electrons. The lowest BCUT2D eigenvalue weighted by Crippen LogP contribution is -2.49. The maximum Gasteiger partial charge on any atom is 0.231 e. The molecule has 172 valence electrons. The number of hydrogen-bond donors (Lipinski definition) is 0. The summed E-state index contributed by atoms with van der Waals surface area (Å²) in [6, 6.07) is 14.6. The summed E-state index contributed by atoms with van der Waals surface area (Å²) in [5.41, 5.74) is 1.32. The SMILES string of the molecule is COc1ccccc1C1CCN([C@H](C)CN(C(=O)C2CCCCC2)c2ccccn2)CC1. The highest BCUT2D eigenvalue weighted by Crippen LogP contribution is 2.35. The number of benzene rings is 1. The van der Waals surface area contributed by atoms with Gasteiger partial charge in [0.2, 0.25) is 5.91 Å². The summed E-state index contributed by atoms with van der Waals surface area (Å²) in [5.74, 6) is 2.73. The van der Waals surface area contributed by atoms with E-state index in [9.17, 15) is 4.79 Å². The zero-order chi connectivity index (χ0) is 22.3. The van der Waals surface area contributed by atoms with Gasteiger partial charge in [-0.25, -0.2) is 4.98 Å². The van der Waals surface area contributed by atoms with Gasteiger partial charge in [0.25, 0.3) is 0 Å². The number of piperidine rings is 1. The zero-order valence-corrected chi connectivity index (χ0v) is 19.6. The van der Waals surface area contributed by atoms with Crippen LogP contribution in [0.1, 0.15) is 63.4 Å². The number of rotatable bonds is 7. The van der Waals surface area contributed by atoms with Crippen molar-refractivity contribution in [3.8, 4) is 5.75 Å². The van der Waals surface area contributed by atoms with Crippen LogP contribution in [0.4, 0.5) is 5.82 Å². The number of anilines is 1. The van der Waals surface area contributed by atoms with Gasteiger partial charge in [-0.3, -0.25) is 14.6 Å². The molecule has 5 heteroatoms. The van der Waals surface area contributed by atoms with E-state index in [0.29, 0.717) is 18.5 Å². The first-order valence-corrected chi connectivity index (χ1v) is 12.3. The van der Waals surface area contributed by atoms with Crippen LogP contribution in [0.15, 0.2) is 48.7 Å². The first-order chi connectivity index (χ1) is 15.7. The van der Waals surface area contributed by atoms with Crippen LogP contribution >= 0.6 is 0 Å². The molecule has 2 aromatic rings. The van der Waals surface area contributed by atoms with Crippen LogP contribution in [0.2, 0.25) is 0 Å². The number of pyridine rings is 1. The lowest BCUT2D eigenvalue weighted by molar-refractivity contribution is -0.123. The van der Waals surface area contributed by atoms with Gasteiger partial charge in [0.1, 0.15) is 11.6 Å². The number of nitrogens with zero attached hydrogens (tertiary/aromatic N) is 3. The molecular weight excluding hydrogens is 398 g/mol. The molecule has 0 unspecified atom stereocenters. The van der Waals surface area contributed by atoms with E-state index in [4.69, 9.17) is 4.74 Å². The topological polar surface area (TPSA) is 45.7 Å². The van der Waals surface area contributed by atoms with Crippen molar-refractivity contribution < 1.29 is 9.53 Å². The predicted octanol–water partition coefficient (Wildman–Crippen LogP) is 5.27.